The van der Waals surface area contributed by atoms with Crippen molar-refractivity contribution in [3.8, 4) is 0 Å². The number of unbranched alkanes of at least 4 members (excludes halogenated alkanes) is 1. The van der Waals surface area contributed by atoms with Gasteiger partial charge in [0.15, 0.2) is 0 Å². The largest absolute Gasteiger partial charge is 0.372 e. The third-order valence-corrected chi connectivity index (χ3v) is 8.78. The van der Waals surface area contributed by atoms with E-state index >= 15 is 0 Å². The summed E-state index contributed by atoms with van der Waals surface area (Å²) in [5.74, 6) is 0.741. The molecule has 2 aliphatic heterocycles. The lowest BCUT2D eigenvalue weighted by atomic mass is 9.76. The van der Waals surface area contributed by atoms with Crippen LogP contribution in [0.5, 0.6) is 0 Å². The molecular formula is C28H45N3O. The SMILES string of the molecule is CCCCN1CCN(c2ccc(N3C[C@@H](C)O[C@@H](C)C3)cc2C2CCC3(CC2)CC3)CC1. The van der Waals surface area contributed by atoms with Crippen molar-refractivity contribution >= 4 is 11.4 Å². The topological polar surface area (TPSA) is 19.0 Å². The molecule has 4 aliphatic rings. The Morgan fingerprint density at radius 2 is 1.59 bits per heavy atom. The highest BCUT2D eigenvalue weighted by Gasteiger charge is 2.45. The fourth-order valence-corrected chi connectivity index (χ4v) is 6.55. The first kappa shape index (κ1) is 22.5. The van der Waals surface area contributed by atoms with E-state index < -0.39 is 0 Å². The number of hydrogen-bond acceptors (Lipinski definition) is 4. The molecule has 0 amide bonds. The van der Waals surface area contributed by atoms with Gasteiger partial charge in [0.25, 0.3) is 0 Å². The van der Waals surface area contributed by atoms with Gasteiger partial charge in [-0.15, -0.1) is 0 Å². The fourth-order valence-electron chi connectivity index (χ4n) is 6.55. The van der Waals surface area contributed by atoms with Crippen molar-refractivity contribution in [2.75, 3.05) is 55.6 Å². The second-order valence-corrected chi connectivity index (χ2v) is 11.4. The first-order valence-electron chi connectivity index (χ1n) is 13.6. The van der Waals surface area contributed by atoms with Gasteiger partial charge in [-0.1, -0.05) is 13.3 Å². The molecule has 178 valence electrons. The van der Waals surface area contributed by atoms with Gasteiger partial charge in [-0.05, 0) is 100 Å². The fraction of sp³-hybridized carbons (Fsp3) is 0.786. The minimum absolute atomic E-state index is 0.308. The highest BCUT2D eigenvalue weighted by molar-refractivity contribution is 5.64. The Morgan fingerprint density at radius 1 is 0.906 bits per heavy atom. The molecule has 4 fully saturated rings. The predicted molar refractivity (Wildman–Crippen MR) is 135 cm³/mol. The summed E-state index contributed by atoms with van der Waals surface area (Å²) >= 11 is 0. The second-order valence-electron chi connectivity index (χ2n) is 11.4. The Labute approximate surface area is 196 Å². The van der Waals surface area contributed by atoms with Gasteiger partial charge in [-0.2, -0.15) is 0 Å². The third-order valence-electron chi connectivity index (χ3n) is 8.78. The third kappa shape index (κ3) is 4.97. The van der Waals surface area contributed by atoms with Crippen molar-refractivity contribution in [1.82, 2.24) is 4.90 Å². The van der Waals surface area contributed by atoms with E-state index in [1.54, 1.807) is 5.56 Å². The van der Waals surface area contributed by atoms with Crippen LogP contribution in [-0.2, 0) is 4.74 Å². The second kappa shape index (κ2) is 9.54. The lowest BCUT2D eigenvalue weighted by molar-refractivity contribution is -0.00522. The molecule has 4 heteroatoms. The van der Waals surface area contributed by atoms with E-state index in [0.717, 1.165) is 24.4 Å². The first-order valence-corrected chi connectivity index (χ1v) is 13.6. The molecule has 2 heterocycles. The Kier molecular flexibility index (Phi) is 6.72. The van der Waals surface area contributed by atoms with Gasteiger partial charge in [-0.25, -0.2) is 0 Å². The maximum Gasteiger partial charge on any atom is 0.0726 e. The van der Waals surface area contributed by atoms with Crippen molar-refractivity contribution < 1.29 is 4.74 Å². The number of ether oxygens (including phenoxy) is 1. The van der Waals surface area contributed by atoms with Crippen molar-refractivity contribution in [3.05, 3.63) is 23.8 Å². The first-order chi connectivity index (χ1) is 15.5. The van der Waals surface area contributed by atoms with Gasteiger partial charge in [-0.3, -0.25) is 4.90 Å². The number of anilines is 2. The van der Waals surface area contributed by atoms with Crippen molar-refractivity contribution in [3.63, 3.8) is 0 Å². The van der Waals surface area contributed by atoms with Gasteiger partial charge in [0.2, 0.25) is 0 Å². The van der Waals surface area contributed by atoms with Crippen LogP contribution in [0.4, 0.5) is 11.4 Å². The molecular weight excluding hydrogens is 394 g/mol. The normalized spacial score (nSPS) is 29.0. The zero-order valence-corrected chi connectivity index (χ0v) is 20.8. The van der Waals surface area contributed by atoms with Crippen LogP contribution in [0.3, 0.4) is 0 Å². The molecule has 4 nitrogen and oxygen atoms in total. The number of benzene rings is 1. The average molecular weight is 440 g/mol. The molecule has 2 atom stereocenters. The van der Waals surface area contributed by atoms with E-state index in [9.17, 15) is 0 Å². The zero-order chi connectivity index (χ0) is 22.1. The summed E-state index contributed by atoms with van der Waals surface area (Å²) in [6.45, 7) is 14.8. The van der Waals surface area contributed by atoms with Gasteiger partial charge in [0.05, 0.1) is 12.2 Å². The van der Waals surface area contributed by atoms with Gasteiger partial charge in [0.1, 0.15) is 0 Å². The van der Waals surface area contributed by atoms with Crippen LogP contribution in [0, 0.1) is 5.41 Å². The lowest BCUT2D eigenvalue weighted by Crippen LogP contribution is -2.47. The van der Waals surface area contributed by atoms with Crippen molar-refractivity contribution in [2.24, 2.45) is 5.41 Å². The number of nitrogens with zero attached hydrogens (tertiary/aromatic N) is 3. The minimum atomic E-state index is 0.308. The van der Waals surface area contributed by atoms with Crippen LogP contribution in [0.1, 0.15) is 83.6 Å². The number of piperazine rings is 1. The van der Waals surface area contributed by atoms with Gasteiger partial charge < -0.3 is 14.5 Å². The molecule has 1 aromatic carbocycles. The van der Waals surface area contributed by atoms with E-state index in [2.05, 4.69) is 53.7 Å². The van der Waals surface area contributed by atoms with E-state index in [0.29, 0.717) is 12.2 Å². The Balaban J connectivity index is 1.36. The Morgan fingerprint density at radius 3 is 2.22 bits per heavy atom. The van der Waals surface area contributed by atoms with Crippen molar-refractivity contribution in [1.29, 1.82) is 0 Å². The summed E-state index contributed by atoms with van der Waals surface area (Å²) in [4.78, 5) is 7.94. The molecule has 0 unspecified atom stereocenters. The highest BCUT2D eigenvalue weighted by atomic mass is 16.5. The summed E-state index contributed by atoms with van der Waals surface area (Å²) in [7, 11) is 0. The predicted octanol–water partition coefficient (Wildman–Crippen LogP) is 5.66. The smallest absolute Gasteiger partial charge is 0.0726 e. The molecule has 2 aliphatic carbocycles. The van der Waals surface area contributed by atoms with Crippen LogP contribution in [0.25, 0.3) is 0 Å². The van der Waals surface area contributed by atoms with Gasteiger partial charge >= 0.3 is 0 Å². The van der Waals surface area contributed by atoms with E-state index in [4.69, 9.17) is 4.74 Å². The molecule has 32 heavy (non-hydrogen) atoms. The van der Waals surface area contributed by atoms with Crippen LogP contribution in [0.2, 0.25) is 0 Å². The number of morpholine rings is 1. The standard InChI is InChI=1S/C28H45N3O/c1-4-5-14-29-15-17-30(18-16-29)27-7-6-25(31-20-22(2)32-23(3)21-31)19-26(27)24-8-10-28(11-9-24)12-13-28/h6-7,19,22-24H,4-5,8-18,20-21H2,1-3H3/t22-,23+. The molecule has 0 bridgehead atoms. The van der Waals surface area contributed by atoms with Crippen molar-refractivity contribution in [2.45, 2.75) is 90.3 Å². The van der Waals surface area contributed by atoms with Gasteiger partial charge in [0, 0.05) is 50.6 Å². The molecule has 0 aromatic heterocycles. The molecule has 0 N–H and O–H groups in total. The summed E-state index contributed by atoms with van der Waals surface area (Å²) in [6.07, 6.45) is 11.9. The zero-order valence-electron chi connectivity index (χ0n) is 20.8. The van der Waals surface area contributed by atoms with E-state index in [1.165, 1.54) is 95.5 Å². The van der Waals surface area contributed by atoms with E-state index in [-0.39, 0.29) is 0 Å². The number of hydrogen-bond donors (Lipinski definition) is 0. The lowest BCUT2D eigenvalue weighted by Gasteiger charge is -2.40. The maximum atomic E-state index is 6.02. The molecule has 1 spiro atoms. The van der Waals surface area contributed by atoms with Crippen LogP contribution in [-0.4, -0.2) is 62.9 Å². The molecule has 2 saturated heterocycles. The molecule has 5 rings (SSSR count). The molecule has 2 saturated carbocycles. The highest BCUT2D eigenvalue weighted by Crippen LogP contribution is 2.59. The van der Waals surface area contributed by atoms with Crippen LogP contribution in [0.15, 0.2) is 18.2 Å². The summed E-state index contributed by atoms with van der Waals surface area (Å²) in [5.41, 5.74) is 5.36. The maximum absolute atomic E-state index is 6.02. The van der Waals surface area contributed by atoms with Crippen LogP contribution >= 0.6 is 0 Å². The van der Waals surface area contributed by atoms with E-state index in [1.807, 2.05) is 0 Å². The quantitative estimate of drug-likeness (QED) is 0.569. The van der Waals surface area contributed by atoms with Crippen LogP contribution < -0.4 is 9.80 Å². The average Bonchev–Trinajstić information content (AvgIpc) is 3.56. The molecule has 0 radical (unpaired) electrons. The Bertz CT molecular complexity index is 748. The monoisotopic (exact) mass is 439 g/mol. The summed E-state index contributed by atoms with van der Waals surface area (Å²) < 4.78 is 6.02. The molecule has 1 aromatic rings. The minimum Gasteiger partial charge on any atom is -0.372 e. The summed E-state index contributed by atoms with van der Waals surface area (Å²) in [5, 5.41) is 0. The summed E-state index contributed by atoms with van der Waals surface area (Å²) in [6, 6.07) is 7.45. The number of rotatable bonds is 6. The Hall–Kier alpha value is -1.26.